The lowest BCUT2D eigenvalue weighted by atomic mass is 10.1. The maximum absolute atomic E-state index is 13.6. The summed E-state index contributed by atoms with van der Waals surface area (Å²) in [7, 11) is 1.56. The third-order valence-electron chi connectivity index (χ3n) is 3.48. The first-order valence-corrected chi connectivity index (χ1v) is 6.30. The van der Waals surface area contributed by atoms with Crippen molar-refractivity contribution in [2.24, 2.45) is 0 Å². The topological polar surface area (TPSA) is 81.5 Å². The number of carbonyl (C=O) groups is 1. The molecule has 1 fully saturated rings. The summed E-state index contributed by atoms with van der Waals surface area (Å²) in [6.45, 7) is 0. The molecule has 2 unspecified atom stereocenters. The minimum atomic E-state index is -0.778. The van der Waals surface area contributed by atoms with Crippen molar-refractivity contribution in [3.63, 3.8) is 0 Å². The van der Waals surface area contributed by atoms with Crippen molar-refractivity contribution in [2.45, 2.75) is 31.4 Å². The van der Waals surface area contributed by atoms with Gasteiger partial charge >= 0.3 is 0 Å². The van der Waals surface area contributed by atoms with Crippen LogP contribution in [0.5, 0.6) is 0 Å². The van der Waals surface area contributed by atoms with Crippen LogP contribution < -0.4 is 5.32 Å². The van der Waals surface area contributed by atoms with Gasteiger partial charge in [0.1, 0.15) is 5.82 Å². The van der Waals surface area contributed by atoms with E-state index in [9.17, 15) is 19.3 Å². The van der Waals surface area contributed by atoms with Gasteiger partial charge in [-0.05, 0) is 25.3 Å². The highest BCUT2D eigenvalue weighted by Crippen LogP contribution is 2.23. The Labute approximate surface area is 115 Å². The van der Waals surface area contributed by atoms with Gasteiger partial charge in [0, 0.05) is 19.2 Å². The fourth-order valence-corrected chi connectivity index (χ4v) is 2.42. The number of amides is 1. The van der Waals surface area contributed by atoms with Gasteiger partial charge in [-0.25, -0.2) is 4.39 Å². The Morgan fingerprint density at radius 3 is 2.90 bits per heavy atom. The molecule has 2 atom stereocenters. The van der Waals surface area contributed by atoms with Crippen molar-refractivity contribution in [3.05, 3.63) is 39.7 Å². The number of nitro groups is 1. The molecular weight excluding hydrogens is 267 g/mol. The van der Waals surface area contributed by atoms with Crippen molar-refractivity contribution < 1.29 is 18.8 Å². The summed E-state index contributed by atoms with van der Waals surface area (Å²) in [5.41, 5.74) is -0.632. The maximum atomic E-state index is 13.6. The van der Waals surface area contributed by atoms with Gasteiger partial charge in [-0.15, -0.1) is 0 Å². The van der Waals surface area contributed by atoms with Crippen LogP contribution in [0, 0.1) is 15.9 Å². The fourth-order valence-electron chi connectivity index (χ4n) is 2.42. The average Bonchev–Trinajstić information content (AvgIpc) is 2.86. The quantitative estimate of drug-likeness (QED) is 0.676. The Morgan fingerprint density at radius 1 is 1.50 bits per heavy atom. The molecule has 0 aliphatic heterocycles. The number of benzene rings is 1. The van der Waals surface area contributed by atoms with E-state index in [1.165, 1.54) is 0 Å². The first-order chi connectivity index (χ1) is 9.52. The number of non-ortho nitro benzene ring substituents is 1. The Hall–Kier alpha value is -2.02. The number of nitrogens with one attached hydrogen (secondary N) is 1. The van der Waals surface area contributed by atoms with Gasteiger partial charge in [-0.1, -0.05) is 0 Å². The van der Waals surface area contributed by atoms with E-state index in [0.717, 1.165) is 37.5 Å². The maximum Gasteiger partial charge on any atom is 0.270 e. The molecule has 108 valence electrons. The lowest BCUT2D eigenvalue weighted by Crippen LogP contribution is -2.41. The summed E-state index contributed by atoms with van der Waals surface area (Å²) in [6.07, 6.45) is 2.40. The molecular formula is C13H15FN2O4. The van der Waals surface area contributed by atoms with Crippen LogP contribution in [0.2, 0.25) is 0 Å². The number of nitro benzene ring substituents is 1. The molecule has 1 saturated carbocycles. The van der Waals surface area contributed by atoms with E-state index < -0.39 is 16.6 Å². The van der Waals surface area contributed by atoms with Crippen LogP contribution in [0.15, 0.2) is 18.2 Å². The van der Waals surface area contributed by atoms with E-state index in [-0.39, 0.29) is 23.4 Å². The monoisotopic (exact) mass is 282 g/mol. The van der Waals surface area contributed by atoms with Crippen LogP contribution >= 0.6 is 0 Å². The molecule has 1 aliphatic carbocycles. The number of nitrogens with zero attached hydrogens (tertiary/aromatic N) is 1. The van der Waals surface area contributed by atoms with Crippen LogP contribution in [0.3, 0.4) is 0 Å². The zero-order valence-corrected chi connectivity index (χ0v) is 11.0. The molecule has 0 heterocycles. The van der Waals surface area contributed by atoms with Crippen LogP contribution in [0.25, 0.3) is 0 Å². The molecule has 0 spiro atoms. The number of ether oxygens (including phenoxy) is 1. The Kier molecular flexibility index (Phi) is 4.29. The summed E-state index contributed by atoms with van der Waals surface area (Å²) in [6, 6.07) is 2.71. The van der Waals surface area contributed by atoms with Gasteiger partial charge in [-0.2, -0.15) is 0 Å². The molecule has 0 radical (unpaired) electrons. The molecule has 6 nitrogen and oxygen atoms in total. The zero-order chi connectivity index (χ0) is 14.7. The number of halogens is 1. The zero-order valence-electron chi connectivity index (χ0n) is 11.0. The molecule has 2 rings (SSSR count). The summed E-state index contributed by atoms with van der Waals surface area (Å²) in [4.78, 5) is 22.0. The van der Waals surface area contributed by atoms with E-state index >= 15 is 0 Å². The Bertz CT molecular complexity index is 535. The molecule has 20 heavy (non-hydrogen) atoms. The second-order valence-electron chi connectivity index (χ2n) is 4.71. The van der Waals surface area contributed by atoms with Crippen molar-refractivity contribution in [3.8, 4) is 0 Å². The third-order valence-corrected chi connectivity index (χ3v) is 3.48. The summed E-state index contributed by atoms with van der Waals surface area (Å²) < 4.78 is 18.9. The first-order valence-electron chi connectivity index (χ1n) is 6.30. The molecule has 7 heteroatoms. The highest BCUT2D eigenvalue weighted by atomic mass is 19.1. The number of carbonyl (C=O) groups excluding carboxylic acids is 1. The van der Waals surface area contributed by atoms with Gasteiger partial charge in [0.2, 0.25) is 0 Å². The van der Waals surface area contributed by atoms with Crippen LogP contribution in [-0.4, -0.2) is 30.1 Å². The molecule has 0 saturated heterocycles. The van der Waals surface area contributed by atoms with Crippen LogP contribution in [0.4, 0.5) is 10.1 Å². The normalized spacial score (nSPS) is 21.7. The summed E-state index contributed by atoms with van der Waals surface area (Å²) in [5.74, 6) is -1.43. The molecule has 1 amide bonds. The number of hydrogen-bond acceptors (Lipinski definition) is 4. The van der Waals surface area contributed by atoms with Crippen molar-refractivity contribution in [1.29, 1.82) is 0 Å². The van der Waals surface area contributed by atoms with Gasteiger partial charge < -0.3 is 10.1 Å². The van der Waals surface area contributed by atoms with Gasteiger partial charge in [0.15, 0.2) is 0 Å². The van der Waals surface area contributed by atoms with E-state index in [0.29, 0.717) is 0 Å². The summed E-state index contributed by atoms with van der Waals surface area (Å²) >= 11 is 0. The Balaban J connectivity index is 2.16. The molecule has 1 aliphatic rings. The molecule has 0 bridgehead atoms. The number of methoxy groups -OCH3 is 1. The van der Waals surface area contributed by atoms with E-state index in [1.54, 1.807) is 7.11 Å². The van der Waals surface area contributed by atoms with Gasteiger partial charge in [-0.3, -0.25) is 14.9 Å². The van der Waals surface area contributed by atoms with Crippen molar-refractivity contribution >= 4 is 11.6 Å². The lowest BCUT2D eigenvalue weighted by Gasteiger charge is -2.19. The second kappa shape index (κ2) is 5.96. The standard InChI is InChI=1S/C13H15FN2O4/c1-20-12-4-2-3-11(12)15-13(17)9-7-8(16(18)19)5-6-10(9)14/h5-7,11-12H,2-4H2,1H3,(H,15,17). The first kappa shape index (κ1) is 14.4. The third kappa shape index (κ3) is 2.93. The van der Waals surface area contributed by atoms with Crippen LogP contribution in [0.1, 0.15) is 29.6 Å². The minimum absolute atomic E-state index is 0.0966. The van der Waals surface area contributed by atoms with E-state index in [4.69, 9.17) is 4.74 Å². The number of hydrogen-bond donors (Lipinski definition) is 1. The fraction of sp³-hybridized carbons (Fsp3) is 0.462. The van der Waals surface area contributed by atoms with Crippen molar-refractivity contribution in [1.82, 2.24) is 5.32 Å². The van der Waals surface area contributed by atoms with E-state index in [2.05, 4.69) is 5.32 Å². The largest absolute Gasteiger partial charge is 0.379 e. The van der Waals surface area contributed by atoms with Crippen LogP contribution in [-0.2, 0) is 4.74 Å². The highest BCUT2D eigenvalue weighted by molar-refractivity contribution is 5.95. The van der Waals surface area contributed by atoms with Gasteiger partial charge in [0.25, 0.3) is 11.6 Å². The van der Waals surface area contributed by atoms with E-state index in [1.807, 2.05) is 0 Å². The lowest BCUT2D eigenvalue weighted by molar-refractivity contribution is -0.384. The molecule has 0 aromatic heterocycles. The predicted molar refractivity (Wildman–Crippen MR) is 69.0 cm³/mol. The molecule has 1 aromatic carbocycles. The molecule has 1 aromatic rings. The Morgan fingerprint density at radius 2 is 2.25 bits per heavy atom. The predicted octanol–water partition coefficient (Wildman–Crippen LogP) is 2.03. The van der Waals surface area contributed by atoms with Crippen molar-refractivity contribution in [2.75, 3.05) is 7.11 Å². The SMILES string of the molecule is COC1CCCC1NC(=O)c1cc([N+](=O)[O-])ccc1F. The second-order valence-corrected chi connectivity index (χ2v) is 4.71. The highest BCUT2D eigenvalue weighted by Gasteiger charge is 2.29. The average molecular weight is 282 g/mol. The number of rotatable bonds is 4. The minimum Gasteiger partial charge on any atom is -0.379 e. The molecule has 1 N–H and O–H groups in total. The smallest absolute Gasteiger partial charge is 0.270 e. The summed E-state index contributed by atoms with van der Waals surface area (Å²) in [5, 5.41) is 13.3. The van der Waals surface area contributed by atoms with Gasteiger partial charge in [0.05, 0.1) is 22.6 Å².